The SMILES string of the molecule is CCCCCCCCN(C(=O)C(CCC(N)=O)NC(=O)OC(C)(C)C)C(C(=O)NCCCC)c1cc(C)cc(C)c1. The molecule has 0 aliphatic carbocycles. The molecule has 0 spiro atoms. The number of nitrogens with one attached hydrogen (secondary N) is 2. The highest BCUT2D eigenvalue weighted by atomic mass is 16.6. The number of alkyl carbamates (subject to hydrolysis) is 1. The van der Waals surface area contributed by atoms with Crippen LogP contribution in [0.3, 0.4) is 0 Å². The molecule has 9 nitrogen and oxygen atoms in total. The van der Waals surface area contributed by atoms with Gasteiger partial charge in [0.15, 0.2) is 0 Å². The Morgan fingerprint density at radius 3 is 2.05 bits per heavy atom. The fraction of sp³-hybridized carbons (Fsp3) is 0.688. The molecule has 0 aromatic heterocycles. The Morgan fingerprint density at radius 1 is 0.902 bits per heavy atom. The first-order chi connectivity index (χ1) is 19.3. The van der Waals surface area contributed by atoms with Gasteiger partial charge in [-0.05, 0) is 59.4 Å². The normalized spacial score (nSPS) is 12.8. The van der Waals surface area contributed by atoms with Gasteiger partial charge in [0.1, 0.15) is 17.7 Å². The molecule has 0 aliphatic heterocycles. The number of carbonyl (C=O) groups is 4. The third-order valence-electron chi connectivity index (χ3n) is 6.65. The van der Waals surface area contributed by atoms with Crippen LogP contribution in [0.2, 0.25) is 0 Å². The van der Waals surface area contributed by atoms with Gasteiger partial charge in [-0.3, -0.25) is 14.4 Å². The molecule has 1 aromatic carbocycles. The third kappa shape index (κ3) is 14.4. The zero-order chi connectivity index (χ0) is 31.0. The van der Waals surface area contributed by atoms with Crippen LogP contribution in [0, 0.1) is 13.8 Å². The van der Waals surface area contributed by atoms with E-state index in [4.69, 9.17) is 10.5 Å². The average molecular weight is 575 g/mol. The number of nitrogens with zero attached hydrogens (tertiary/aromatic N) is 1. The van der Waals surface area contributed by atoms with E-state index in [2.05, 4.69) is 17.6 Å². The van der Waals surface area contributed by atoms with Crippen LogP contribution < -0.4 is 16.4 Å². The number of hydrogen-bond donors (Lipinski definition) is 3. The first-order valence-corrected chi connectivity index (χ1v) is 15.2. The maximum Gasteiger partial charge on any atom is 0.408 e. The minimum Gasteiger partial charge on any atom is -0.444 e. The molecule has 2 atom stereocenters. The van der Waals surface area contributed by atoms with E-state index in [1.807, 2.05) is 39.0 Å². The summed E-state index contributed by atoms with van der Waals surface area (Å²) < 4.78 is 5.41. The summed E-state index contributed by atoms with van der Waals surface area (Å²) in [7, 11) is 0. The molecule has 0 radical (unpaired) electrons. The van der Waals surface area contributed by atoms with Crippen molar-refractivity contribution in [1.82, 2.24) is 15.5 Å². The summed E-state index contributed by atoms with van der Waals surface area (Å²) in [6, 6.07) is 3.89. The van der Waals surface area contributed by atoms with E-state index in [0.29, 0.717) is 25.1 Å². The number of rotatable bonds is 18. The number of carbonyl (C=O) groups excluding carboxylic acids is 4. The van der Waals surface area contributed by atoms with Gasteiger partial charge in [0.2, 0.25) is 17.7 Å². The number of benzene rings is 1. The van der Waals surface area contributed by atoms with Crippen LogP contribution in [-0.2, 0) is 19.1 Å². The van der Waals surface area contributed by atoms with Crippen molar-refractivity contribution in [3.8, 4) is 0 Å². The summed E-state index contributed by atoms with van der Waals surface area (Å²) in [5.41, 5.74) is 7.31. The van der Waals surface area contributed by atoms with E-state index in [1.54, 1.807) is 25.7 Å². The molecule has 9 heteroatoms. The van der Waals surface area contributed by atoms with Crippen LogP contribution >= 0.6 is 0 Å². The van der Waals surface area contributed by atoms with Crippen LogP contribution in [0.1, 0.15) is 122 Å². The summed E-state index contributed by atoms with van der Waals surface area (Å²) in [4.78, 5) is 54.0. The second-order valence-corrected chi connectivity index (χ2v) is 12.0. The van der Waals surface area contributed by atoms with Crippen LogP contribution in [0.15, 0.2) is 18.2 Å². The van der Waals surface area contributed by atoms with Crippen LogP contribution in [0.25, 0.3) is 0 Å². The standard InChI is InChI=1S/C32H54N4O5/c1-8-10-12-13-14-15-19-36(30(39)26(16-17-27(33)37)35-31(40)41-32(5,6)7)28(29(38)34-18-11-9-2)25-21-23(3)20-24(4)22-25/h20-22,26,28H,8-19H2,1-7H3,(H2,33,37)(H,34,38)(H,35,40). The van der Waals surface area contributed by atoms with Gasteiger partial charge in [-0.15, -0.1) is 0 Å². The van der Waals surface area contributed by atoms with Gasteiger partial charge >= 0.3 is 6.09 Å². The smallest absolute Gasteiger partial charge is 0.408 e. The highest BCUT2D eigenvalue weighted by Gasteiger charge is 2.36. The van der Waals surface area contributed by atoms with E-state index in [1.165, 1.54) is 0 Å². The highest BCUT2D eigenvalue weighted by Crippen LogP contribution is 2.26. The Balaban J connectivity index is 3.50. The van der Waals surface area contributed by atoms with Crippen molar-refractivity contribution in [2.24, 2.45) is 5.73 Å². The molecule has 0 saturated heterocycles. The van der Waals surface area contributed by atoms with E-state index < -0.39 is 35.6 Å². The third-order valence-corrected chi connectivity index (χ3v) is 6.65. The number of primary amides is 1. The maximum atomic E-state index is 14.3. The van der Waals surface area contributed by atoms with Gasteiger partial charge in [0.05, 0.1) is 0 Å². The second-order valence-electron chi connectivity index (χ2n) is 12.0. The first-order valence-electron chi connectivity index (χ1n) is 15.2. The Kier molecular flexibility index (Phi) is 16.1. The van der Waals surface area contributed by atoms with Crippen molar-refractivity contribution in [3.63, 3.8) is 0 Å². The van der Waals surface area contributed by atoms with E-state index in [-0.39, 0.29) is 18.7 Å². The van der Waals surface area contributed by atoms with Crippen molar-refractivity contribution >= 4 is 23.8 Å². The molecule has 41 heavy (non-hydrogen) atoms. The van der Waals surface area contributed by atoms with Gasteiger partial charge in [0.25, 0.3) is 0 Å². The number of amides is 4. The summed E-state index contributed by atoms with van der Waals surface area (Å²) in [5.74, 6) is -1.30. The van der Waals surface area contributed by atoms with Crippen LogP contribution in [0.5, 0.6) is 0 Å². The molecule has 1 aromatic rings. The summed E-state index contributed by atoms with van der Waals surface area (Å²) in [6.45, 7) is 14.1. The molecule has 0 fully saturated rings. The Labute approximate surface area is 247 Å². The fourth-order valence-corrected chi connectivity index (χ4v) is 4.75. The highest BCUT2D eigenvalue weighted by molar-refractivity contribution is 5.92. The first kappa shape index (κ1) is 35.9. The van der Waals surface area contributed by atoms with Crippen molar-refractivity contribution in [2.45, 2.75) is 130 Å². The lowest BCUT2D eigenvalue weighted by atomic mass is 9.97. The number of unbranched alkanes of at least 4 members (excludes halogenated alkanes) is 6. The molecule has 1 rings (SSSR count). The predicted molar refractivity (Wildman–Crippen MR) is 163 cm³/mol. The van der Waals surface area contributed by atoms with Crippen molar-refractivity contribution in [3.05, 3.63) is 34.9 Å². The second kappa shape index (κ2) is 18.4. The fourth-order valence-electron chi connectivity index (χ4n) is 4.75. The molecule has 0 saturated carbocycles. The number of nitrogens with two attached hydrogens (primary N) is 1. The molecule has 0 bridgehead atoms. The van der Waals surface area contributed by atoms with E-state index in [0.717, 1.165) is 56.1 Å². The molecule has 2 unspecified atom stereocenters. The van der Waals surface area contributed by atoms with E-state index in [9.17, 15) is 19.2 Å². The summed E-state index contributed by atoms with van der Waals surface area (Å²) in [6.07, 6.45) is 6.92. The molecular formula is C32H54N4O5. The Bertz CT molecular complexity index is 969. The summed E-state index contributed by atoms with van der Waals surface area (Å²) in [5, 5.41) is 5.67. The van der Waals surface area contributed by atoms with Crippen molar-refractivity contribution in [1.29, 1.82) is 0 Å². The predicted octanol–water partition coefficient (Wildman–Crippen LogP) is 5.61. The lowest BCUT2D eigenvalue weighted by Crippen LogP contribution is -2.53. The molecule has 232 valence electrons. The monoisotopic (exact) mass is 574 g/mol. The van der Waals surface area contributed by atoms with Crippen LogP contribution in [0.4, 0.5) is 4.79 Å². The number of aryl methyl sites for hydroxylation is 2. The lowest BCUT2D eigenvalue weighted by molar-refractivity contribution is -0.142. The zero-order valence-corrected chi connectivity index (χ0v) is 26.4. The molecule has 4 N–H and O–H groups in total. The largest absolute Gasteiger partial charge is 0.444 e. The molecule has 0 heterocycles. The minimum atomic E-state index is -1.09. The van der Waals surface area contributed by atoms with E-state index >= 15 is 0 Å². The van der Waals surface area contributed by atoms with Gasteiger partial charge in [-0.1, -0.05) is 81.7 Å². The number of ether oxygens (including phenoxy) is 1. The van der Waals surface area contributed by atoms with Gasteiger partial charge in [-0.25, -0.2) is 4.79 Å². The average Bonchev–Trinajstić information content (AvgIpc) is 2.85. The van der Waals surface area contributed by atoms with Gasteiger partial charge in [0, 0.05) is 19.5 Å². The molecule has 4 amide bonds. The van der Waals surface area contributed by atoms with Crippen molar-refractivity contribution in [2.75, 3.05) is 13.1 Å². The minimum absolute atomic E-state index is 0.00255. The zero-order valence-electron chi connectivity index (χ0n) is 26.4. The quantitative estimate of drug-likeness (QED) is 0.196. The van der Waals surface area contributed by atoms with Crippen LogP contribution in [-0.4, -0.2) is 53.4 Å². The molecular weight excluding hydrogens is 520 g/mol. The lowest BCUT2D eigenvalue weighted by Gasteiger charge is -2.35. The summed E-state index contributed by atoms with van der Waals surface area (Å²) >= 11 is 0. The Morgan fingerprint density at radius 2 is 1.49 bits per heavy atom. The maximum absolute atomic E-state index is 14.3. The number of hydrogen-bond acceptors (Lipinski definition) is 5. The van der Waals surface area contributed by atoms with Gasteiger partial charge < -0.3 is 26.0 Å². The van der Waals surface area contributed by atoms with Gasteiger partial charge in [-0.2, -0.15) is 0 Å². The Hall–Kier alpha value is -3.10. The van der Waals surface area contributed by atoms with Crippen molar-refractivity contribution < 1.29 is 23.9 Å². The topological polar surface area (TPSA) is 131 Å². The molecule has 0 aliphatic rings.